The fraction of sp³-hybridized carbons (Fsp3) is 0.333. The van der Waals surface area contributed by atoms with Crippen molar-refractivity contribution in [3.8, 4) is 5.88 Å². The third-order valence-electron chi connectivity index (χ3n) is 1.83. The number of hydrogen-bond acceptors (Lipinski definition) is 4. The Balaban J connectivity index is 2.99. The first-order valence-corrected chi connectivity index (χ1v) is 5.00. The van der Waals surface area contributed by atoms with E-state index in [2.05, 4.69) is 20.9 Å². The predicted octanol–water partition coefficient (Wildman–Crippen LogP) is 1.33. The molecule has 1 aromatic rings. The largest absolute Gasteiger partial charge is 0.481 e. The molecule has 1 unspecified atom stereocenters. The highest BCUT2D eigenvalue weighted by atomic mass is 79.9. The smallest absolute Gasteiger partial charge is 0.305 e. The molecule has 1 atom stereocenters. The van der Waals surface area contributed by atoms with E-state index in [-0.39, 0.29) is 6.42 Å². The van der Waals surface area contributed by atoms with Crippen molar-refractivity contribution >= 4 is 21.9 Å². The highest BCUT2D eigenvalue weighted by Crippen LogP contribution is 2.26. The minimum Gasteiger partial charge on any atom is -0.481 e. The summed E-state index contributed by atoms with van der Waals surface area (Å²) in [7, 11) is 1.47. The van der Waals surface area contributed by atoms with Crippen LogP contribution in [0, 0.1) is 0 Å². The van der Waals surface area contributed by atoms with Gasteiger partial charge in [0.15, 0.2) is 0 Å². The van der Waals surface area contributed by atoms with Gasteiger partial charge in [-0.25, -0.2) is 4.98 Å². The van der Waals surface area contributed by atoms with E-state index in [1.54, 1.807) is 12.3 Å². The van der Waals surface area contributed by atoms with Crippen LogP contribution in [0.2, 0.25) is 0 Å². The van der Waals surface area contributed by atoms with Crippen LogP contribution in [0.1, 0.15) is 18.0 Å². The van der Waals surface area contributed by atoms with Gasteiger partial charge in [-0.15, -0.1) is 0 Å². The second-order valence-electron chi connectivity index (χ2n) is 2.96. The molecular weight excluding hydrogens is 264 g/mol. The molecule has 15 heavy (non-hydrogen) atoms. The van der Waals surface area contributed by atoms with Crippen molar-refractivity contribution in [1.29, 1.82) is 0 Å². The Bertz CT molecular complexity index is 370. The number of nitrogens with two attached hydrogens (primary N) is 1. The van der Waals surface area contributed by atoms with Crippen LogP contribution >= 0.6 is 15.9 Å². The average Bonchev–Trinajstić information content (AvgIpc) is 2.16. The van der Waals surface area contributed by atoms with E-state index in [1.165, 1.54) is 7.11 Å². The van der Waals surface area contributed by atoms with Crippen LogP contribution in [0.15, 0.2) is 16.7 Å². The molecule has 0 radical (unpaired) electrons. The molecule has 0 saturated heterocycles. The third-order valence-corrected chi connectivity index (χ3v) is 2.27. The molecule has 1 aromatic heterocycles. The predicted molar refractivity (Wildman–Crippen MR) is 57.7 cm³/mol. The summed E-state index contributed by atoms with van der Waals surface area (Å²) in [5.74, 6) is -0.600. The summed E-state index contributed by atoms with van der Waals surface area (Å²) in [4.78, 5) is 14.5. The second-order valence-corrected chi connectivity index (χ2v) is 3.87. The Morgan fingerprint density at radius 1 is 1.80 bits per heavy atom. The van der Waals surface area contributed by atoms with Gasteiger partial charge in [0.2, 0.25) is 5.88 Å². The van der Waals surface area contributed by atoms with Crippen LogP contribution in [-0.4, -0.2) is 23.2 Å². The maximum absolute atomic E-state index is 10.5. The van der Waals surface area contributed by atoms with Gasteiger partial charge >= 0.3 is 5.97 Å². The molecule has 0 spiro atoms. The van der Waals surface area contributed by atoms with Gasteiger partial charge < -0.3 is 15.6 Å². The van der Waals surface area contributed by atoms with E-state index in [1.807, 2.05) is 0 Å². The van der Waals surface area contributed by atoms with E-state index in [9.17, 15) is 4.79 Å². The maximum atomic E-state index is 10.5. The zero-order chi connectivity index (χ0) is 11.4. The van der Waals surface area contributed by atoms with Crippen LogP contribution in [0.5, 0.6) is 5.88 Å². The first-order chi connectivity index (χ1) is 7.04. The number of carboxylic acids is 1. The van der Waals surface area contributed by atoms with Crippen LogP contribution < -0.4 is 10.5 Å². The topological polar surface area (TPSA) is 85.4 Å². The van der Waals surface area contributed by atoms with E-state index in [4.69, 9.17) is 15.6 Å². The molecule has 0 fully saturated rings. The van der Waals surface area contributed by atoms with Crippen molar-refractivity contribution in [3.05, 3.63) is 22.3 Å². The van der Waals surface area contributed by atoms with Gasteiger partial charge in [-0.05, 0) is 22.0 Å². The van der Waals surface area contributed by atoms with Crippen molar-refractivity contribution in [3.63, 3.8) is 0 Å². The monoisotopic (exact) mass is 274 g/mol. The molecule has 82 valence electrons. The average molecular weight is 275 g/mol. The maximum Gasteiger partial charge on any atom is 0.305 e. The van der Waals surface area contributed by atoms with E-state index < -0.39 is 12.0 Å². The Kier molecular flexibility index (Phi) is 4.05. The highest BCUT2D eigenvalue weighted by Gasteiger charge is 2.16. The molecule has 0 aliphatic carbocycles. The van der Waals surface area contributed by atoms with Gasteiger partial charge in [0.1, 0.15) is 0 Å². The summed E-state index contributed by atoms with van der Waals surface area (Å²) in [5.41, 5.74) is 6.30. The molecule has 1 heterocycles. The lowest BCUT2D eigenvalue weighted by Gasteiger charge is -2.12. The van der Waals surface area contributed by atoms with Gasteiger partial charge in [-0.1, -0.05) is 0 Å². The SMILES string of the molecule is COc1ncc(Br)cc1C(N)CC(=O)O. The number of methoxy groups -OCH3 is 1. The molecule has 0 aliphatic rings. The summed E-state index contributed by atoms with van der Waals surface area (Å²) >= 11 is 3.24. The van der Waals surface area contributed by atoms with Gasteiger partial charge in [-0.3, -0.25) is 4.79 Å². The molecule has 6 heteroatoms. The number of hydrogen-bond donors (Lipinski definition) is 2. The van der Waals surface area contributed by atoms with E-state index >= 15 is 0 Å². The summed E-state index contributed by atoms with van der Waals surface area (Å²) in [5, 5.41) is 8.63. The minimum absolute atomic E-state index is 0.158. The number of halogens is 1. The molecule has 5 nitrogen and oxygen atoms in total. The van der Waals surface area contributed by atoms with Crippen molar-refractivity contribution in [2.24, 2.45) is 5.73 Å². The van der Waals surface area contributed by atoms with Crippen LogP contribution in [0.3, 0.4) is 0 Å². The number of carbonyl (C=O) groups is 1. The molecule has 0 amide bonds. The standard InChI is InChI=1S/C9H11BrN2O3/c1-15-9-6(2-5(10)4-12-9)7(11)3-8(13)14/h2,4,7H,3,11H2,1H3,(H,13,14). The number of ether oxygens (including phenoxy) is 1. The Labute approximate surface area is 95.4 Å². The molecule has 0 aromatic carbocycles. The van der Waals surface area contributed by atoms with Gasteiger partial charge in [-0.2, -0.15) is 0 Å². The fourth-order valence-electron chi connectivity index (χ4n) is 1.18. The van der Waals surface area contributed by atoms with E-state index in [0.717, 1.165) is 4.47 Å². The minimum atomic E-state index is -0.954. The normalized spacial score (nSPS) is 12.2. The number of pyridine rings is 1. The van der Waals surface area contributed by atoms with E-state index in [0.29, 0.717) is 11.4 Å². The molecule has 1 rings (SSSR count). The lowest BCUT2D eigenvalue weighted by molar-refractivity contribution is -0.137. The van der Waals surface area contributed by atoms with Crippen molar-refractivity contribution in [1.82, 2.24) is 4.98 Å². The quantitative estimate of drug-likeness (QED) is 0.865. The van der Waals surface area contributed by atoms with Crippen molar-refractivity contribution in [2.45, 2.75) is 12.5 Å². The number of carboxylic acid groups (broad SMARTS) is 1. The lowest BCUT2D eigenvalue weighted by Crippen LogP contribution is -2.16. The summed E-state index contributed by atoms with van der Waals surface area (Å²) in [6.07, 6.45) is 1.41. The van der Waals surface area contributed by atoms with Gasteiger partial charge in [0, 0.05) is 22.3 Å². The number of rotatable bonds is 4. The zero-order valence-electron chi connectivity index (χ0n) is 8.11. The first-order valence-electron chi connectivity index (χ1n) is 4.21. The molecule has 0 saturated carbocycles. The summed E-state index contributed by atoms with van der Waals surface area (Å²) in [6, 6.07) is 1.09. The highest BCUT2D eigenvalue weighted by molar-refractivity contribution is 9.10. The van der Waals surface area contributed by atoms with Crippen LogP contribution in [0.25, 0.3) is 0 Å². The number of aromatic nitrogens is 1. The molecule has 0 aliphatic heterocycles. The Morgan fingerprint density at radius 3 is 3.00 bits per heavy atom. The Hall–Kier alpha value is -1.14. The first kappa shape index (κ1) is 11.9. The van der Waals surface area contributed by atoms with Gasteiger partial charge in [0.25, 0.3) is 0 Å². The van der Waals surface area contributed by atoms with Crippen molar-refractivity contribution in [2.75, 3.05) is 7.11 Å². The lowest BCUT2D eigenvalue weighted by atomic mass is 10.1. The third kappa shape index (κ3) is 3.17. The second kappa shape index (κ2) is 5.09. The summed E-state index contributed by atoms with van der Waals surface area (Å²) < 4.78 is 5.73. The van der Waals surface area contributed by atoms with Gasteiger partial charge in [0.05, 0.1) is 13.5 Å². The molecule has 3 N–H and O–H groups in total. The molecular formula is C9H11BrN2O3. The number of nitrogens with zero attached hydrogens (tertiary/aromatic N) is 1. The zero-order valence-corrected chi connectivity index (χ0v) is 9.69. The van der Waals surface area contributed by atoms with Crippen molar-refractivity contribution < 1.29 is 14.6 Å². The van der Waals surface area contributed by atoms with Crippen LogP contribution in [0.4, 0.5) is 0 Å². The number of aliphatic carboxylic acids is 1. The fourth-order valence-corrected chi connectivity index (χ4v) is 1.53. The summed E-state index contributed by atoms with van der Waals surface area (Å²) in [6.45, 7) is 0. The Morgan fingerprint density at radius 2 is 2.47 bits per heavy atom. The van der Waals surface area contributed by atoms with Crippen LogP contribution in [-0.2, 0) is 4.79 Å². The molecule has 0 bridgehead atoms.